The smallest absolute Gasteiger partial charge is 0.101 e. The van der Waals surface area contributed by atoms with Gasteiger partial charge in [0.15, 0.2) is 0 Å². The van der Waals surface area contributed by atoms with Gasteiger partial charge in [-0.1, -0.05) is 30.0 Å². The first kappa shape index (κ1) is 15.0. The zero-order valence-corrected chi connectivity index (χ0v) is 14.4. The van der Waals surface area contributed by atoms with Crippen molar-refractivity contribution in [2.45, 2.75) is 41.3 Å². The van der Waals surface area contributed by atoms with E-state index in [9.17, 15) is 0 Å². The Bertz CT molecular complexity index is 643. The molecule has 0 N–H and O–H groups in total. The Balaban J connectivity index is 1.46. The number of aromatic nitrogens is 1. The second-order valence-electron chi connectivity index (χ2n) is 6.55. The van der Waals surface area contributed by atoms with Crippen molar-refractivity contribution in [3.8, 4) is 0 Å². The number of anilines is 1. The van der Waals surface area contributed by atoms with Gasteiger partial charge in [0.05, 0.1) is 11.9 Å². The fourth-order valence-electron chi connectivity index (χ4n) is 3.77. The number of benzene rings is 1. The van der Waals surface area contributed by atoms with Crippen molar-refractivity contribution in [3.05, 3.63) is 48.7 Å². The average molecular weight is 325 g/mol. The molecule has 2 saturated heterocycles. The lowest BCUT2D eigenvalue weighted by molar-refractivity contribution is 0.254. The number of pyridine rings is 1. The summed E-state index contributed by atoms with van der Waals surface area (Å²) in [5.74, 6) is 0. The Kier molecular flexibility index (Phi) is 4.27. The molecule has 3 heterocycles. The Hall–Kier alpha value is -1.52. The van der Waals surface area contributed by atoms with Crippen molar-refractivity contribution in [3.63, 3.8) is 0 Å². The van der Waals surface area contributed by atoms with Crippen LogP contribution in [-0.4, -0.2) is 42.1 Å². The molecule has 2 aliphatic heterocycles. The third-order valence-electron chi connectivity index (χ3n) is 5.20. The Morgan fingerprint density at radius 2 is 1.83 bits per heavy atom. The van der Waals surface area contributed by atoms with E-state index in [4.69, 9.17) is 0 Å². The molecule has 4 rings (SSSR count). The summed E-state index contributed by atoms with van der Waals surface area (Å²) in [4.78, 5) is 11.0. The molecular formula is C19H23N3S. The molecule has 4 heteroatoms. The summed E-state index contributed by atoms with van der Waals surface area (Å²) in [5, 5.41) is 1.06. The van der Waals surface area contributed by atoms with Crippen molar-refractivity contribution >= 4 is 17.4 Å². The monoisotopic (exact) mass is 325 g/mol. The second kappa shape index (κ2) is 6.54. The van der Waals surface area contributed by atoms with Gasteiger partial charge in [0.25, 0.3) is 0 Å². The van der Waals surface area contributed by atoms with E-state index < -0.39 is 0 Å². The minimum atomic E-state index is 0.709. The first-order valence-corrected chi connectivity index (χ1v) is 9.27. The molecular weight excluding hydrogens is 302 g/mol. The van der Waals surface area contributed by atoms with E-state index in [2.05, 4.69) is 58.2 Å². The van der Waals surface area contributed by atoms with Crippen molar-refractivity contribution < 1.29 is 0 Å². The first-order valence-electron chi connectivity index (χ1n) is 8.45. The van der Waals surface area contributed by atoms with Gasteiger partial charge in [-0.15, -0.1) is 0 Å². The van der Waals surface area contributed by atoms with E-state index in [-0.39, 0.29) is 0 Å². The van der Waals surface area contributed by atoms with Crippen LogP contribution in [0.15, 0.2) is 58.6 Å². The molecule has 0 saturated carbocycles. The van der Waals surface area contributed by atoms with E-state index in [0.29, 0.717) is 6.04 Å². The van der Waals surface area contributed by atoms with E-state index in [1.807, 2.05) is 12.3 Å². The molecule has 2 unspecified atom stereocenters. The summed E-state index contributed by atoms with van der Waals surface area (Å²) >= 11 is 1.72. The van der Waals surface area contributed by atoms with E-state index in [0.717, 1.165) is 24.2 Å². The number of hydrogen-bond donors (Lipinski definition) is 0. The Morgan fingerprint density at radius 3 is 2.61 bits per heavy atom. The van der Waals surface area contributed by atoms with Gasteiger partial charge in [0.2, 0.25) is 0 Å². The number of rotatable bonds is 3. The van der Waals surface area contributed by atoms with Gasteiger partial charge >= 0.3 is 0 Å². The van der Waals surface area contributed by atoms with Gasteiger partial charge in [-0.05, 0) is 50.6 Å². The molecule has 2 atom stereocenters. The summed E-state index contributed by atoms with van der Waals surface area (Å²) in [6.45, 7) is 2.29. The second-order valence-corrected chi connectivity index (χ2v) is 7.65. The third kappa shape index (κ3) is 3.24. The van der Waals surface area contributed by atoms with Crippen LogP contribution in [0.5, 0.6) is 0 Å². The fraction of sp³-hybridized carbons (Fsp3) is 0.421. The molecule has 0 radical (unpaired) electrons. The number of nitrogens with zero attached hydrogens (tertiary/aromatic N) is 3. The SMILES string of the molecule is CN1C2CCC1CN(c1ccc(Sc3ccccc3)nc1)CC2. The molecule has 0 amide bonds. The maximum absolute atomic E-state index is 4.67. The van der Waals surface area contributed by atoms with Crippen molar-refractivity contribution in [2.24, 2.45) is 0 Å². The number of fused-ring (bicyclic) bond motifs is 2. The van der Waals surface area contributed by atoms with Crippen LogP contribution in [0.4, 0.5) is 5.69 Å². The molecule has 23 heavy (non-hydrogen) atoms. The van der Waals surface area contributed by atoms with Gasteiger partial charge in [0, 0.05) is 30.1 Å². The minimum absolute atomic E-state index is 0.709. The zero-order valence-electron chi connectivity index (χ0n) is 13.6. The molecule has 2 fully saturated rings. The summed E-state index contributed by atoms with van der Waals surface area (Å²) in [7, 11) is 2.30. The minimum Gasteiger partial charge on any atom is -0.369 e. The van der Waals surface area contributed by atoms with Crippen LogP contribution in [0.2, 0.25) is 0 Å². The quantitative estimate of drug-likeness (QED) is 0.852. The standard InChI is InChI=1S/C19H23N3S/c1-21-15-7-8-17(21)14-22(12-11-15)16-9-10-19(20-13-16)23-18-5-3-2-4-6-18/h2-6,9-10,13,15,17H,7-8,11-12,14H2,1H3. The Labute approximate surface area is 142 Å². The fourth-order valence-corrected chi connectivity index (χ4v) is 4.55. The molecule has 1 aromatic heterocycles. The molecule has 2 bridgehead atoms. The van der Waals surface area contributed by atoms with E-state index in [1.165, 1.54) is 29.8 Å². The van der Waals surface area contributed by atoms with Gasteiger partial charge < -0.3 is 4.90 Å². The molecule has 0 aliphatic carbocycles. The zero-order chi connectivity index (χ0) is 15.6. The van der Waals surface area contributed by atoms with E-state index in [1.54, 1.807) is 11.8 Å². The highest BCUT2D eigenvalue weighted by Gasteiger charge is 2.34. The van der Waals surface area contributed by atoms with Gasteiger partial charge in [0.1, 0.15) is 5.03 Å². The van der Waals surface area contributed by atoms with Gasteiger partial charge in [-0.2, -0.15) is 0 Å². The van der Waals surface area contributed by atoms with Crippen LogP contribution in [-0.2, 0) is 0 Å². The summed E-state index contributed by atoms with van der Waals surface area (Å²) in [5.41, 5.74) is 1.27. The predicted molar refractivity (Wildman–Crippen MR) is 96.2 cm³/mol. The van der Waals surface area contributed by atoms with Crippen molar-refractivity contribution in [1.29, 1.82) is 0 Å². The lowest BCUT2D eigenvalue weighted by Crippen LogP contribution is -2.36. The van der Waals surface area contributed by atoms with Crippen molar-refractivity contribution in [1.82, 2.24) is 9.88 Å². The maximum Gasteiger partial charge on any atom is 0.101 e. The molecule has 2 aromatic rings. The van der Waals surface area contributed by atoms with Crippen LogP contribution < -0.4 is 4.90 Å². The third-order valence-corrected chi connectivity index (χ3v) is 6.16. The highest BCUT2D eigenvalue weighted by Crippen LogP contribution is 2.31. The van der Waals surface area contributed by atoms with Gasteiger partial charge in [-0.3, -0.25) is 4.90 Å². The largest absolute Gasteiger partial charge is 0.369 e. The average Bonchev–Trinajstić information content (AvgIpc) is 2.82. The van der Waals surface area contributed by atoms with Crippen LogP contribution in [0.25, 0.3) is 0 Å². The van der Waals surface area contributed by atoms with Crippen LogP contribution in [0.3, 0.4) is 0 Å². The predicted octanol–water partition coefficient (Wildman–Crippen LogP) is 3.91. The first-order chi connectivity index (χ1) is 11.3. The highest BCUT2D eigenvalue weighted by atomic mass is 32.2. The van der Waals surface area contributed by atoms with Crippen LogP contribution in [0, 0.1) is 0 Å². The highest BCUT2D eigenvalue weighted by molar-refractivity contribution is 7.99. The molecule has 3 nitrogen and oxygen atoms in total. The van der Waals surface area contributed by atoms with Gasteiger partial charge in [-0.25, -0.2) is 4.98 Å². The summed E-state index contributed by atoms with van der Waals surface area (Å²) in [6.07, 6.45) is 6.03. The summed E-state index contributed by atoms with van der Waals surface area (Å²) < 4.78 is 0. The molecule has 2 aliphatic rings. The molecule has 1 aromatic carbocycles. The summed E-state index contributed by atoms with van der Waals surface area (Å²) in [6, 6.07) is 16.3. The maximum atomic E-state index is 4.67. The van der Waals surface area contributed by atoms with Crippen molar-refractivity contribution in [2.75, 3.05) is 25.0 Å². The van der Waals surface area contributed by atoms with E-state index >= 15 is 0 Å². The number of likely N-dealkylation sites (N-methyl/N-ethyl adjacent to an activating group) is 1. The molecule has 120 valence electrons. The topological polar surface area (TPSA) is 19.4 Å². The lowest BCUT2D eigenvalue weighted by Gasteiger charge is -2.27. The number of hydrogen-bond acceptors (Lipinski definition) is 4. The Morgan fingerprint density at radius 1 is 1.00 bits per heavy atom. The molecule has 0 spiro atoms. The van der Waals surface area contributed by atoms with Crippen LogP contribution in [0.1, 0.15) is 19.3 Å². The normalized spacial score (nSPS) is 24.7. The lowest BCUT2D eigenvalue weighted by atomic mass is 10.1. The van der Waals surface area contributed by atoms with Crippen LogP contribution >= 0.6 is 11.8 Å².